The van der Waals surface area contributed by atoms with Gasteiger partial charge in [-0.15, -0.1) is 0 Å². The van der Waals surface area contributed by atoms with Crippen molar-refractivity contribution in [2.45, 2.75) is 43.3 Å². The fourth-order valence-corrected chi connectivity index (χ4v) is 5.80. The number of methoxy groups -OCH3 is 1. The van der Waals surface area contributed by atoms with Gasteiger partial charge in [0.15, 0.2) is 5.11 Å². The SMILES string of the molecule is COc1ccc(C(=O)NNC(=S)Nc2ccccc2C(F)(F)F)cc1S(=O)(=O)N1CCCC[C@@H]1C. The minimum Gasteiger partial charge on any atom is -0.495 e. The number of nitrogens with one attached hydrogen (secondary N) is 3. The number of piperidine rings is 1. The normalized spacial score (nSPS) is 16.9. The molecular formula is C22H25F3N4O4S2. The lowest BCUT2D eigenvalue weighted by Gasteiger charge is -2.32. The molecule has 1 aliphatic heterocycles. The van der Waals surface area contributed by atoms with Gasteiger partial charge < -0.3 is 10.1 Å². The number of carbonyl (C=O) groups is 1. The first kappa shape index (κ1) is 26.7. The summed E-state index contributed by atoms with van der Waals surface area (Å²) in [4.78, 5) is 12.5. The number of sulfonamides is 1. The number of anilines is 1. The zero-order chi connectivity index (χ0) is 25.8. The van der Waals surface area contributed by atoms with Crippen molar-refractivity contribution in [3.63, 3.8) is 0 Å². The van der Waals surface area contributed by atoms with E-state index in [4.69, 9.17) is 17.0 Å². The number of rotatable bonds is 5. The fraction of sp³-hybridized carbons (Fsp3) is 0.364. The standard InChI is InChI=1S/C22H25F3N4O4S2/c1-14-7-5-6-12-29(14)35(31,32)19-13-15(10-11-18(19)33-2)20(30)27-28-21(34)26-17-9-4-3-8-16(17)22(23,24)25/h3-4,8-11,13-14H,5-7,12H2,1-2H3,(H,27,30)(H2,26,28,34)/t14-/m0/s1. The highest BCUT2D eigenvalue weighted by Crippen LogP contribution is 2.34. The Morgan fingerprint density at radius 3 is 2.51 bits per heavy atom. The van der Waals surface area contributed by atoms with Gasteiger partial charge in [-0.2, -0.15) is 17.5 Å². The molecule has 0 radical (unpaired) electrons. The van der Waals surface area contributed by atoms with Crippen LogP contribution in [0, 0.1) is 0 Å². The highest BCUT2D eigenvalue weighted by molar-refractivity contribution is 7.89. The van der Waals surface area contributed by atoms with Gasteiger partial charge >= 0.3 is 6.18 Å². The van der Waals surface area contributed by atoms with Gasteiger partial charge in [0, 0.05) is 18.2 Å². The fourth-order valence-electron chi connectivity index (χ4n) is 3.75. The van der Waals surface area contributed by atoms with Crippen LogP contribution in [0.1, 0.15) is 42.1 Å². The minimum absolute atomic E-state index is 0.0139. The Hall–Kier alpha value is -2.90. The molecule has 1 fully saturated rings. The first-order valence-electron chi connectivity index (χ1n) is 10.7. The summed E-state index contributed by atoms with van der Waals surface area (Å²) < 4.78 is 72.7. The average molecular weight is 531 g/mol. The number of ether oxygens (including phenoxy) is 1. The third-order valence-electron chi connectivity index (χ3n) is 5.52. The third-order valence-corrected chi connectivity index (χ3v) is 7.76. The predicted molar refractivity (Wildman–Crippen MR) is 128 cm³/mol. The topological polar surface area (TPSA) is 99.8 Å². The van der Waals surface area contributed by atoms with Gasteiger partial charge in [0.1, 0.15) is 10.6 Å². The number of para-hydroxylation sites is 1. The Morgan fingerprint density at radius 1 is 1.14 bits per heavy atom. The zero-order valence-corrected chi connectivity index (χ0v) is 20.6. The third kappa shape index (κ3) is 6.21. The Kier molecular flexibility index (Phi) is 8.23. The maximum atomic E-state index is 13.3. The molecule has 1 heterocycles. The lowest BCUT2D eigenvalue weighted by Crippen LogP contribution is -2.44. The van der Waals surface area contributed by atoms with Crippen LogP contribution < -0.4 is 20.9 Å². The van der Waals surface area contributed by atoms with Gasteiger partial charge in [-0.1, -0.05) is 18.6 Å². The van der Waals surface area contributed by atoms with E-state index in [0.717, 1.165) is 25.3 Å². The number of hydrogen-bond donors (Lipinski definition) is 3. The summed E-state index contributed by atoms with van der Waals surface area (Å²) in [6.07, 6.45) is -2.20. The van der Waals surface area contributed by atoms with Crippen LogP contribution in [0.5, 0.6) is 5.75 Å². The van der Waals surface area contributed by atoms with Crippen LogP contribution in [-0.2, 0) is 16.2 Å². The van der Waals surface area contributed by atoms with Crippen molar-refractivity contribution in [2.24, 2.45) is 0 Å². The van der Waals surface area contributed by atoms with Gasteiger partial charge in [-0.25, -0.2) is 8.42 Å². The molecule has 0 bridgehead atoms. The van der Waals surface area contributed by atoms with Crippen molar-refractivity contribution in [3.05, 3.63) is 53.6 Å². The molecule has 3 rings (SSSR count). The van der Waals surface area contributed by atoms with Crippen molar-refractivity contribution in [1.82, 2.24) is 15.2 Å². The summed E-state index contributed by atoms with van der Waals surface area (Å²) in [6, 6.07) is 8.47. The molecule has 1 atom stereocenters. The van der Waals surface area contributed by atoms with Crippen molar-refractivity contribution in [2.75, 3.05) is 19.0 Å². The molecule has 35 heavy (non-hydrogen) atoms. The van der Waals surface area contributed by atoms with Gasteiger partial charge in [0.05, 0.1) is 18.4 Å². The molecule has 0 aliphatic carbocycles. The van der Waals surface area contributed by atoms with Crippen molar-refractivity contribution in [1.29, 1.82) is 0 Å². The van der Waals surface area contributed by atoms with Crippen LogP contribution in [0.15, 0.2) is 47.4 Å². The van der Waals surface area contributed by atoms with Crippen molar-refractivity contribution >= 4 is 38.9 Å². The lowest BCUT2D eigenvalue weighted by molar-refractivity contribution is -0.136. The van der Waals surface area contributed by atoms with Gasteiger partial charge in [-0.3, -0.25) is 15.6 Å². The maximum absolute atomic E-state index is 13.3. The van der Waals surface area contributed by atoms with Crippen LogP contribution in [0.25, 0.3) is 0 Å². The summed E-state index contributed by atoms with van der Waals surface area (Å²) in [7, 11) is -2.61. The number of nitrogens with zero attached hydrogens (tertiary/aromatic N) is 1. The molecule has 1 saturated heterocycles. The number of benzene rings is 2. The van der Waals surface area contributed by atoms with Crippen LogP contribution in [0.2, 0.25) is 0 Å². The molecule has 0 saturated carbocycles. The van der Waals surface area contributed by atoms with E-state index in [1.165, 1.54) is 47.8 Å². The molecule has 2 aromatic rings. The number of carbonyl (C=O) groups excluding carboxylic acids is 1. The second-order valence-electron chi connectivity index (χ2n) is 7.90. The Bertz CT molecular complexity index is 1210. The van der Waals surface area contributed by atoms with E-state index < -0.39 is 27.7 Å². The van der Waals surface area contributed by atoms with E-state index in [1.807, 2.05) is 6.92 Å². The van der Waals surface area contributed by atoms with Crippen LogP contribution in [0.3, 0.4) is 0 Å². The van der Waals surface area contributed by atoms with Crippen LogP contribution in [-0.4, -0.2) is 43.4 Å². The summed E-state index contributed by atoms with van der Waals surface area (Å²) in [5.74, 6) is -0.655. The van der Waals surface area contributed by atoms with Crippen LogP contribution >= 0.6 is 12.2 Å². The first-order valence-corrected chi connectivity index (χ1v) is 12.5. The van der Waals surface area contributed by atoms with E-state index in [2.05, 4.69) is 16.2 Å². The molecule has 2 aromatic carbocycles. The molecule has 0 spiro atoms. The highest BCUT2D eigenvalue weighted by Gasteiger charge is 2.34. The number of alkyl halides is 3. The largest absolute Gasteiger partial charge is 0.495 e. The molecule has 0 unspecified atom stereocenters. The van der Waals surface area contributed by atoms with E-state index in [1.54, 1.807) is 0 Å². The second kappa shape index (κ2) is 10.8. The number of hydrazine groups is 1. The van der Waals surface area contributed by atoms with E-state index in [-0.39, 0.29) is 33.1 Å². The van der Waals surface area contributed by atoms with Gasteiger partial charge in [0.25, 0.3) is 5.91 Å². The molecular weight excluding hydrogens is 505 g/mol. The van der Waals surface area contributed by atoms with E-state index in [9.17, 15) is 26.4 Å². The number of halogens is 3. The lowest BCUT2D eigenvalue weighted by atomic mass is 10.1. The molecule has 190 valence electrons. The molecule has 1 amide bonds. The first-order chi connectivity index (χ1) is 16.4. The van der Waals surface area contributed by atoms with Crippen LogP contribution in [0.4, 0.5) is 18.9 Å². The monoisotopic (exact) mass is 530 g/mol. The number of thiocarbonyl (C=S) groups is 1. The Balaban J connectivity index is 1.74. The average Bonchev–Trinajstić information content (AvgIpc) is 2.82. The minimum atomic E-state index is -4.60. The molecule has 1 aliphatic rings. The van der Waals surface area contributed by atoms with Crippen molar-refractivity contribution < 1.29 is 31.1 Å². The van der Waals surface area contributed by atoms with Gasteiger partial charge in [-0.05, 0) is 62.3 Å². The Morgan fingerprint density at radius 2 is 1.86 bits per heavy atom. The Labute approximate surface area is 206 Å². The molecule has 3 N–H and O–H groups in total. The number of amides is 1. The summed E-state index contributed by atoms with van der Waals surface area (Å²) in [5, 5.41) is 2.10. The maximum Gasteiger partial charge on any atom is 0.418 e. The van der Waals surface area contributed by atoms with Crippen molar-refractivity contribution in [3.8, 4) is 5.75 Å². The summed E-state index contributed by atoms with van der Waals surface area (Å²) >= 11 is 4.98. The second-order valence-corrected chi connectivity index (χ2v) is 10.2. The smallest absolute Gasteiger partial charge is 0.418 e. The highest BCUT2D eigenvalue weighted by atomic mass is 32.2. The predicted octanol–water partition coefficient (Wildman–Crippen LogP) is 3.91. The molecule has 8 nitrogen and oxygen atoms in total. The van der Waals surface area contributed by atoms with E-state index in [0.29, 0.717) is 6.54 Å². The van der Waals surface area contributed by atoms with Gasteiger partial charge in [0.2, 0.25) is 10.0 Å². The summed E-state index contributed by atoms with van der Waals surface area (Å²) in [6.45, 7) is 2.19. The zero-order valence-electron chi connectivity index (χ0n) is 19.0. The quantitative estimate of drug-likeness (QED) is 0.398. The number of hydrogen-bond acceptors (Lipinski definition) is 5. The molecule has 13 heteroatoms. The molecule has 0 aromatic heterocycles. The van der Waals surface area contributed by atoms with E-state index >= 15 is 0 Å². The summed E-state index contributed by atoms with van der Waals surface area (Å²) in [5.41, 5.74) is 3.36.